The lowest BCUT2D eigenvalue weighted by Crippen LogP contribution is -2.40. The summed E-state index contributed by atoms with van der Waals surface area (Å²) >= 11 is 9.61. The molecule has 0 unspecified atom stereocenters. The number of H-pyrrole nitrogens is 1. The summed E-state index contributed by atoms with van der Waals surface area (Å²) in [5.74, 6) is 0. The number of hydrogen-bond acceptors (Lipinski definition) is 2. The number of aromatic amines is 1. The Morgan fingerprint density at radius 3 is 2.45 bits per heavy atom. The fourth-order valence-corrected chi connectivity index (χ4v) is 2.87. The molecule has 0 saturated carbocycles. The van der Waals surface area contributed by atoms with Crippen LogP contribution in [-0.2, 0) is 11.0 Å². The van der Waals surface area contributed by atoms with Gasteiger partial charge >= 0.3 is 0 Å². The third-order valence-electron chi connectivity index (χ3n) is 3.81. The molecule has 0 aliphatic carbocycles. The number of rotatable bonds is 3. The third kappa shape index (κ3) is 6.24. The summed E-state index contributed by atoms with van der Waals surface area (Å²) < 4.78 is 7.19. The SMILES string of the molecule is CC(C)(C)[Si](C)(C)OCc1cc(Br)ccc1Cl.c1c[nH]cn1. The van der Waals surface area contributed by atoms with Gasteiger partial charge in [0.1, 0.15) is 0 Å². The minimum Gasteiger partial charge on any atom is -0.413 e. The van der Waals surface area contributed by atoms with Crippen LogP contribution < -0.4 is 0 Å². The monoisotopic (exact) mass is 402 g/mol. The summed E-state index contributed by atoms with van der Waals surface area (Å²) in [6.45, 7) is 11.8. The van der Waals surface area contributed by atoms with E-state index in [0.717, 1.165) is 15.1 Å². The summed E-state index contributed by atoms with van der Waals surface area (Å²) in [6.07, 6.45) is 5.08. The van der Waals surface area contributed by atoms with E-state index in [1.807, 2.05) is 18.2 Å². The zero-order chi connectivity index (χ0) is 16.8. The van der Waals surface area contributed by atoms with E-state index in [2.05, 4.69) is 59.8 Å². The number of halogens is 2. The number of benzene rings is 1. The van der Waals surface area contributed by atoms with E-state index < -0.39 is 8.32 Å². The summed E-state index contributed by atoms with van der Waals surface area (Å²) in [7, 11) is -1.70. The zero-order valence-corrected chi connectivity index (χ0v) is 17.1. The first kappa shape index (κ1) is 19.4. The number of aromatic nitrogens is 2. The molecule has 22 heavy (non-hydrogen) atoms. The predicted octanol–water partition coefficient (Wildman–Crippen LogP) is 6.03. The minimum absolute atomic E-state index is 0.228. The zero-order valence-electron chi connectivity index (χ0n) is 13.8. The molecule has 0 fully saturated rings. The molecule has 2 aromatic rings. The van der Waals surface area contributed by atoms with Crippen molar-refractivity contribution in [3.63, 3.8) is 0 Å². The summed E-state index contributed by atoms with van der Waals surface area (Å²) in [4.78, 5) is 6.42. The molecule has 0 atom stereocenters. The highest BCUT2D eigenvalue weighted by atomic mass is 79.9. The van der Waals surface area contributed by atoms with E-state index >= 15 is 0 Å². The van der Waals surface area contributed by atoms with Crippen LogP contribution in [0, 0.1) is 0 Å². The fourth-order valence-electron chi connectivity index (χ4n) is 1.34. The average Bonchev–Trinajstić information content (AvgIpc) is 2.98. The fraction of sp³-hybridized carbons (Fsp3) is 0.438. The molecule has 6 heteroatoms. The van der Waals surface area contributed by atoms with Crippen LogP contribution in [0.2, 0.25) is 23.2 Å². The van der Waals surface area contributed by atoms with E-state index in [9.17, 15) is 0 Å². The van der Waals surface area contributed by atoms with Gasteiger partial charge in [-0.25, -0.2) is 4.98 Å². The van der Waals surface area contributed by atoms with Crippen molar-refractivity contribution in [1.82, 2.24) is 9.97 Å². The first-order valence-corrected chi connectivity index (χ1v) is 11.2. The van der Waals surface area contributed by atoms with Gasteiger partial charge in [-0.05, 0) is 41.9 Å². The Kier molecular flexibility index (Phi) is 7.32. The van der Waals surface area contributed by atoms with Crippen molar-refractivity contribution in [3.8, 4) is 0 Å². The molecule has 0 radical (unpaired) electrons. The van der Waals surface area contributed by atoms with Crippen LogP contribution in [0.25, 0.3) is 0 Å². The Morgan fingerprint density at radius 1 is 1.32 bits per heavy atom. The van der Waals surface area contributed by atoms with Gasteiger partial charge in [0.15, 0.2) is 8.32 Å². The van der Waals surface area contributed by atoms with Crippen LogP contribution in [-0.4, -0.2) is 18.3 Å². The highest BCUT2D eigenvalue weighted by molar-refractivity contribution is 9.10. The van der Waals surface area contributed by atoms with E-state index in [4.69, 9.17) is 16.0 Å². The molecular formula is C16H24BrClN2OSi. The molecule has 0 bridgehead atoms. The van der Waals surface area contributed by atoms with Crippen molar-refractivity contribution in [2.45, 2.75) is 45.5 Å². The smallest absolute Gasteiger partial charge is 0.192 e. The van der Waals surface area contributed by atoms with Crippen molar-refractivity contribution >= 4 is 35.8 Å². The lowest BCUT2D eigenvalue weighted by molar-refractivity contribution is 0.276. The van der Waals surface area contributed by atoms with Gasteiger partial charge in [-0.1, -0.05) is 48.3 Å². The average molecular weight is 404 g/mol. The molecule has 0 saturated heterocycles. The number of imidazole rings is 1. The van der Waals surface area contributed by atoms with Crippen LogP contribution in [0.15, 0.2) is 41.4 Å². The largest absolute Gasteiger partial charge is 0.413 e. The van der Waals surface area contributed by atoms with E-state index in [1.54, 1.807) is 18.7 Å². The molecule has 122 valence electrons. The van der Waals surface area contributed by atoms with Crippen molar-refractivity contribution in [2.75, 3.05) is 0 Å². The first-order chi connectivity index (χ1) is 10.1. The van der Waals surface area contributed by atoms with Crippen LogP contribution in [0.4, 0.5) is 0 Å². The number of nitrogens with zero attached hydrogens (tertiary/aromatic N) is 1. The Hall–Kier alpha value is -0.623. The molecule has 3 nitrogen and oxygen atoms in total. The maximum atomic E-state index is 6.15. The van der Waals surface area contributed by atoms with E-state index in [-0.39, 0.29) is 5.04 Å². The van der Waals surface area contributed by atoms with Gasteiger partial charge < -0.3 is 9.41 Å². The van der Waals surface area contributed by atoms with Gasteiger partial charge in [0, 0.05) is 21.9 Å². The quantitative estimate of drug-likeness (QED) is 0.635. The second kappa shape index (κ2) is 8.29. The third-order valence-corrected chi connectivity index (χ3v) is 9.15. The van der Waals surface area contributed by atoms with Crippen LogP contribution in [0.3, 0.4) is 0 Å². The summed E-state index contributed by atoms with van der Waals surface area (Å²) in [6, 6.07) is 5.86. The molecule has 1 N–H and O–H groups in total. The van der Waals surface area contributed by atoms with Crippen LogP contribution in [0.5, 0.6) is 0 Å². The Labute approximate surface area is 147 Å². The lowest BCUT2D eigenvalue weighted by Gasteiger charge is -2.36. The topological polar surface area (TPSA) is 37.9 Å². The minimum atomic E-state index is -1.70. The molecule has 2 rings (SSSR count). The highest BCUT2D eigenvalue weighted by Crippen LogP contribution is 2.37. The number of hydrogen-bond donors (Lipinski definition) is 1. The molecular weight excluding hydrogens is 380 g/mol. The highest BCUT2D eigenvalue weighted by Gasteiger charge is 2.37. The van der Waals surface area contributed by atoms with Crippen molar-refractivity contribution in [3.05, 3.63) is 52.0 Å². The second-order valence-electron chi connectivity index (χ2n) is 6.55. The normalized spacial score (nSPS) is 11.8. The molecule has 0 spiro atoms. The summed E-state index contributed by atoms with van der Waals surface area (Å²) in [5, 5.41) is 0.998. The standard InChI is InChI=1S/C13H20BrClOSi.C3H4N2/c1-13(2,3)17(4,5)16-9-10-8-11(14)6-7-12(10)15;1-2-5-3-4-1/h6-8H,9H2,1-5H3;1-3H,(H,4,5). The summed E-state index contributed by atoms with van der Waals surface area (Å²) in [5.41, 5.74) is 1.05. The molecule has 1 heterocycles. The van der Waals surface area contributed by atoms with Gasteiger partial charge in [0.2, 0.25) is 0 Å². The number of nitrogens with one attached hydrogen (secondary N) is 1. The molecule has 0 amide bonds. The maximum Gasteiger partial charge on any atom is 0.192 e. The van der Waals surface area contributed by atoms with Gasteiger partial charge in [0.25, 0.3) is 0 Å². The van der Waals surface area contributed by atoms with Gasteiger partial charge in [0.05, 0.1) is 12.9 Å². The van der Waals surface area contributed by atoms with Gasteiger partial charge in [-0.3, -0.25) is 0 Å². The maximum absolute atomic E-state index is 6.15. The molecule has 0 aliphatic heterocycles. The van der Waals surface area contributed by atoms with Crippen LogP contribution in [0.1, 0.15) is 26.3 Å². The first-order valence-electron chi connectivity index (χ1n) is 7.14. The Balaban J connectivity index is 0.000000406. The van der Waals surface area contributed by atoms with Crippen molar-refractivity contribution in [2.24, 2.45) is 0 Å². The van der Waals surface area contributed by atoms with Crippen LogP contribution >= 0.6 is 27.5 Å². The van der Waals surface area contributed by atoms with E-state index in [0.29, 0.717) is 6.61 Å². The van der Waals surface area contributed by atoms with E-state index in [1.165, 1.54) is 0 Å². The predicted molar refractivity (Wildman–Crippen MR) is 99.7 cm³/mol. The molecule has 1 aromatic heterocycles. The molecule has 1 aromatic carbocycles. The second-order valence-corrected chi connectivity index (χ2v) is 12.7. The van der Waals surface area contributed by atoms with Gasteiger partial charge in [-0.15, -0.1) is 0 Å². The van der Waals surface area contributed by atoms with Gasteiger partial charge in [-0.2, -0.15) is 0 Å². The van der Waals surface area contributed by atoms with Crippen molar-refractivity contribution < 1.29 is 4.43 Å². The molecule has 0 aliphatic rings. The Bertz CT molecular complexity index is 551. The lowest BCUT2D eigenvalue weighted by atomic mass is 10.2. The van der Waals surface area contributed by atoms with Crippen molar-refractivity contribution in [1.29, 1.82) is 0 Å². The Morgan fingerprint density at radius 2 is 2.00 bits per heavy atom.